The van der Waals surface area contributed by atoms with Crippen LogP contribution in [0.25, 0.3) is 0 Å². The number of nitrogens with one attached hydrogen (secondary N) is 1. The molecule has 0 saturated carbocycles. The van der Waals surface area contributed by atoms with E-state index in [1.54, 1.807) is 0 Å². The van der Waals surface area contributed by atoms with E-state index in [1.807, 2.05) is 18.2 Å². The first-order valence-corrected chi connectivity index (χ1v) is 8.28. The summed E-state index contributed by atoms with van der Waals surface area (Å²) in [5, 5.41) is 3.49. The average molecular weight is 419 g/mol. The molecule has 2 rings (SSSR count). The Hall–Kier alpha value is -0.650. The normalized spacial score (nSPS) is 13.4. The van der Waals surface area contributed by atoms with Gasteiger partial charge in [0, 0.05) is 6.04 Å². The highest BCUT2D eigenvalue weighted by Crippen LogP contribution is 2.34. The molecule has 0 fully saturated rings. The van der Waals surface area contributed by atoms with E-state index >= 15 is 0 Å². The van der Waals surface area contributed by atoms with E-state index in [0.29, 0.717) is 11.2 Å². The van der Waals surface area contributed by atoms with Crippen LogP contribution in [0.15, 0.2) is 43.9 Å². The average Bonchev–Trinajstić information content (AvgIpc) is 2.69. The monoisotopic (exact) mass is 417 g/mol. The Bertz CT molecular complexity index is 582. The molecule has 0 aliphatic heterocycles. The van der Waals surface area contributed by atoms with Crippen molar-refractivity contribution in [2.45, 2.75) is 33.4 Å². The first kappa shape index (κ1) is 16.7. The summed E-state index contributed by atoms with van der Waals surface area (Å²) in [6.07, 6.45) is 0. The molecule has 1 atom stereocenters. The van der Waals surface area contributed by atoms with Crippen LogP contribution in [0.4, 0.5) is 4.39 Å². The number of halogens is 3. The lowest BCUT2D eigenvalue weighted by Crippen LogP contribution is -2.31. The summed E-state index contributed by atoms with van der Waals surface area (Å²) in [6.45, 7) is 7.06. The standard InChI is InChI=1S/C16H18Br2FNO/c1-16(2,3)14(10-4-6-11(19)7-5-10)20-9-12-8-13(17)15(18)21-12/h4-8,14,20H,9H2,1-3H3. The van der Waals surface area contributed by atoms with Crippen molar-refractivity contribution in [3.8, 4) is 0 Å². The maximum Gasteiger partial charge on any atom is 0.183 e. The number of benzene rings is 1. The van der Waals surface area contributed by atoms with Crippen LogP contribution in [0.3, 0.4) is 0 Å². The fourth-order valence-electron chi connectivity index (χ4n) is 2.26. The number of furan rings is 1. The van der Waals surface area contributed by atoms with Crippen molar-refractivity contribution < 1.29 is 8.81 Å². The van der Waals surface area contributed by atoms with Crippen LogP contribution >= 0.6 is 31.9 Å². The van der Waals surface area contributed by atoms with E-state index in [2.05, 4.69) is 57.9 Å². The third kappa shape index (κ3) is 4.41. The van der Waals surface area contributed by atoms with E-state index in [4.69, 9.17) is 4.42 Å². The molecule has 2 nitrogen and oxygen atoms in total. The van der Waals surface area contributed by atoms with E-state index in [9.17, 15) is 4.39 Å². The van der Waals surface area contributed by atoms with Crippen LogP contribution in [-0.4, -0.2) is 0 Å². The molecule has 0 spiro atoms. The highest BCUT2D eigenvalue weighted by molar-refractivity contribution is 9.13. The molecule has 5 heteroatoms. The van der Waals surface area contributed by atoms with Crippen molar-refractivity contribution in [1.82, 2.24) is 5.32 Å². The zero-order valence-corrected chi connectivity index (χ0v) is 15.4. The van der Waals surface area contributed by atoms with Gasteiger partial charge in [0.2, 0.25) is 0 Å². The van der Waals surface area contributed by atoms with Crippen molar-refractivity contribution >= 4 is 31.9 Å². The molecule has 0 amide bonds. The molecule has 0 saturated heterocycles. The summed E-state index contributed by atoms with van der Waals surface area (Å²) in [7, 11) is 0. The summed E-state index contributed by atoms with van der Waals surface area (Å²) in [6, 6.07) is 8.67. The largest absolute Gasteiger partial charge is 0.452 e. The van der Waals surface area contributed by atoms with Gasteiger partial charge in [-0.25, -0.2) is 4.39 Å². The van der Waals surface area contributed by atoms with E-state index in [1.165, 1.54) is 12.1 Å². The Balaban J connectivity index is 2.15. The minimum absolute atomic E-state index is 0.00110. The molecule has 1 N–H and O–H groups in total. The lowest BCUT2D eigenvalue weighted by molar-refractivity contribution is 0.263. The molecular weight excluding hydrogens is 401 g/mol. The molecule has 21 heavy (non-hydrogen) atoms. The maximum atomic E-state index is 13.1. The maximum absolute atomic E-state index is 13.1. The minimum atomic E-state index is -0.217. The van der Waals surface area contributed by atoms with Gasteiger partial charge in [0.25, 0.3) is 0 Å². The predicted molar refractivity (Wildman–Crippen MR) is 89.5 cm³/mol. The van der Waals surface area contributed by atoms with Crippen molar-refractivity contribution in [3.63, 3.8) is 0 Å². The molecule has 1 heterocycles. The molecule has 0 aliphatic rings. The van der Waals surface area contributed by atoms with Crippen molar-refractivity contribution in [3.05, 3.63) is 56.6 Å². The number of rotatable bonds is 4. The van der Waals surface area contributed by atoms with Gasteiger partial charge in [-0.3, -0.25) is 0 Å². The quantitative estimate of drug-likeness (QED) is 0.676. The van der Waals surface area contributed by atoms with Gasteiger partial charge in [0.05, 0.1) is 11.0 Å². The Morgan fingerprint density at radius 1 is 1.19 bits per heavy atom. The summed E-state index contributed by atoms with van der Waals surface area (Å²) < 4.78 is 20.3. The lowest BCUT2D eigenvalue weighted by atomic mass is 9.82. The fraction of sp³-hybridized carbons (Fsp3) is 0.375. The molecule has 1 aromatic carbocycles. The highest BCUT2D eigenvalue weighted by atomic mass is 79.9. The number of hydrogen-bond donors (Lipinski definition) is 1. The van der Waals surface area contributed by atoms with Gasteiger partial charge in [-0.05, 0) is 61.0 Å². The Morgan fingerprint density at radius 2 is 1.81 bits per heavy atom. The molecular formula is C16H18Br2FNO. The lowest BCUT2D eigenvalue weighted by Gasteiger charge is -2.32. The van der Waals surface area contributed by atoms with E-state index in [-0.39, 0.29) is 17.3 Å². The summed E-state index contributed by atoms with van der Waals surface area (Å²) in [5.74, 6) is 0.621. The smallest absolute Gasteiger partial charge is 0.183 e. The second-order valence-corrected chi connectivity index (χ2v) is 7.64. The zero-order chi connectivity index (χ0) is 15.6. The first-order chi connectivity index (χ1) is 9.77. The minimum Gasteiger partial charge on any atom is -0.452 e. The molecule has 114 valence electrons. The third-order valence-electron chi connectivity index (χ3n) is 3.25. The topological polar surface area (TPSA) is 25.2 Å². The predicted octanol–water partition coefficient (Wildman–Crippen LogP) is 5.82. The summed E-state index contributed by atoms with van der Waals surface area (Å²) in [4.78, 5) is 0. The second-order valence-electron chi connectivity index (χ2n) is 6.07. The van der Waals surface area contributed by atoms with Crippen LogP contribution < -0.4 is 5.32 Å². The molecule has 1 unspecified atom stereocenters. The Labute approximate surface area is 141 Å². The number of hydrogen-bond acceptors (Lipinski definition) is 2. The highest BCUT2D eigenvalue weighted by Gasteiger charge is 2.26. The zero-order valence-electron chi connectivity index (χ0n) is 12.2. The molecule has 0 radical (unpaired) electrons. The van der Waals surface area contributed by atoms with E-state index < -0.39 is 0 Å². The second kappa shape index (κ2) is 6.63. The molecule has 1 aromatic heterocycles. The molecule has 2 aromatic rings. The SMILES string of the molecule is CC(C)(C)C(NCc1cc(Br)c(Br)o1)c1ccc(F)cc1. The van der Waals surface area contributed by atoms with Gasteiger partial charge in [-0.2, -0.15) is 0 Å². The fourth-order valence-corrected chi connectivity index (χ4v) is 2.92. The summed E-state index contributed by atoms with van der Waals surface area (Å²) >= 11 is 6.74. The first-order valence-electron chi connectivity index (χ1n) is 6.70. The van der Waals surface area contributed by atoms with Crippen LogP contribution in [0, 0.1) is 11.2 Å². The third-order valence-corrected chi connectivity index (χ3v) is 4.96. The van der Waals surface area contributed by atoms with Crippen LogP contribution in [-0.2, 0) is 6.54 Å². The van der Waals surface area contributed by atoms with Gasteiger partial charge in [0.1, 0.15) is 11.6 Å². The van der Waals surface area contributed by atoms with Crippen LogP contribution in [0.1, 0.15) is 38.1 Å². The van der Waals surface area contributed by atoms with Gasteiger partial charge >= 0.3 is 0 Å². The van der Waals surface area contributed by atoms with Crippen LogP contribution in [0.5, 0.6) is 0 Å². The molecule has 0 bridgehead atoms. The van der Waals surface area contributed by atoms with E-state index in [0.717, 1.165) is 15.8 Å². The van der Waals surface area contributed by atoms with Crippen molar-refractivity contribution in [2.24, 2.45) is 5.41 Å². The van der Waals surface area contributed by atoms with Gasteiger partial charge in [0.15, 0.2) is 4.67 Å². The Kier molecular flexibility index (Phi) is 5.28. The van der Waals surface area contributed by atoms with Crippen molar-refractivity contribution in [2.75, 3.05) is 0 Å². The molecule has 0 aliphatic carbocycles. The summed E-state index contributed by atoms with van der Waals surface area (Å²) in [5.41, 5.74) is 1.06. The van der Waals surface area contributed by atoms with Gasteiger partial charge in [-0.1, -0.05) is 32.9 Å². The Morgan fingerprint density at radius 3 is 2.29 bits per heavy atom. The van der Waals surface area contributed by atoms with Gasteiger partial charge in [-0.15, -0.1) is 0 Å². The van der Waals surface area contributed by atoms with Gasteiger partial charge < -0.3 is 9.73 Å². The van der Waals surface area contributed by atoms with Crippen LogP contribution in [0.2, 0.25) is 0 Å². The van der Waals surface area contributed by atoms with Crippen molar-refractivity contribution in [1.29, 1.82) is 0 Å².